The molecular formula is C15H29NO4. The maximum Gasteiger partial charge on any atom is 0.0897 e. The highest BCUT2D eigenvalue weighted by Gasteiger charge is 2.24. The van der Waals surface area contributed by atoms with Crippen LogP contribution in [0, 0.1) is 5.92 Å². The molecule has 4 unspecified atom stereocenters. The minimum Gasteiger partial charge on any atom is -0.396 e. The largest absolute Gasteiger partial charge is 0.396 e. The Balaban J connectivity index is 1.55. The summed E-state index contributed by atoms with van der Waals surface area (Å²) >= 11 is 0. The molecule has 0 radical (unpaired) electrons. The first-order valence-corrected chi connectivity index (χ1v) is 8.01. The van der Waals surface area contributed by atoms with E-state index in [9.17, 15) is 10.2 Å². The Kier molecular flexibility index (Phi) is 7.24. The van der Waals surface area contributed by atoms with Gasteiger partial charge in [-0.25, -0.2) is 0 Å². The number of hydrogen-bond donors (Lipinski definition) is 3. The van der Waals surface area contributed by atoms with Gasteiger partial charge in [-0.15, -0.1) is 0 Å². The Hall–Kier alpha value is -0.200. The van der Waals surface area contributed by atoms with Crippen LogP contribution in [0.15, 0.2) is 0 Å². The van der Waals surface area contributed by atoms with Crippen LogP contribution < -0.4 is 5.32 Å². The molecule has 0 amide bonds. The Bertz CT molecular complexity index is 258. The summed E-state index contributed by atoms with van der Waals surface area (Å²) in [6.45, 7) is 2.54. The number of nitrogens with one attached hydrogen (secondary N) is 1. The van der Waals surface area contributed by atoms with Gasteiger partial charge < -0.3 is 25.0 Å². The molecule has 1 saturated carbocycles. The van der Waals surface area contributed by atoms with Crippen molar-refractivity contribution in [1.82, 2.24) is 5.32 Å². The average molecular weight is 287 g/mol. The molecule has 0 bridgehead atoms. The lowest BCUT2D eigenvalue weighted by Gasteiger charge is -2.31. The third-order valence-electron chi connectivity index (χ3n) is 4.40. The van der Waals surface area contributed by atoms with Crippen molar-refractivity contribution in [3.8, 4) is 0 Å². The number of rotatable bonds is 8. The van der Waals surface area contributed by atoms with Crippen LogP contribution in [-0.4, -0.2) is 61.4 Å². The fourth-order valence-corrected chi connectivity index (χ4v) is 3.15. The second kappa shape index (κ2) is 8.95. The van der Waals surface area contributed by atoms with E-state index in [1.165, 1.54) is 12.8 Å². The summed E-state index contributed by atoms with van der Waals surface area (Å²) in [6.07, 6.45) is 6.49. The van der Waals surface area contributed by atoms with Crippen molar-refractivity contribution < 1.29 is 19.7 Å². The smallest absolute Gasteiger partial charge is 0.0897 e. The van der Waals surface area contributed by atoms with Crippen LogP contribution in [0.4, 0.5) is 0 Å². The van der Waals surface area contributed by atoms with E-state index in [2.05, 4.69) is 5.32 Å². The van der Waals surface area contributed by atoms with Crippen molar-refractivity contribution in [2.45, 2.75) is 56.8 Å². The fraction of sp³-hybridized carbons (Fsp3) is 1.00. The second-order valence-electron chi connectivity index (χ2n) is 6.07. The van der Waals surface area contributed by atoms with Crippen LogP contribution in [0.5, 0.6) is 0 Å². The monoisotopic (exact) mass is 287 g/mol. The summed E-state index contributed by atoms with van der Waals surface area (Å²) in [5.74, 6) is 0.337. The molecule has 0 spiro atoms. The highest BCUT2D eigenvalue weighted by molar-refractivity contribution is 4.81. The quantitative estimate of drug-likeness (QED) is 0.612. The van der Waals surface area contributed by atoms with E-state index in [1.54, 1.807) is 0 Å². The lowest BCUT2D eigenvalue weighted by Crippen LogP contribution is -2.44. The SMILES string of the molecule is OCC1CCCCC1NCC(O)COCC1CCCO1. The first kappa shape index (κ1) is 16.2. The van der Waals surface area contributed by atoms with Crippen LogP contribution in [0.1, 0.15) is 38.5 Å². The minimum absolute atomic E-state index is 0.215. The predicted octanol–water partition coefficient (Wildman–Crippen LogP) is 0.684. The van der Waals surface area contributed by atoms with Gasteiger partial charge in [0.1, 0.15) is 0 Å². The van der Waals surface area contributed by atoms with E-state index in [0.29, 0.717) is 31.7 Å². The molecule has 118 valence electrons. The van der Waals surface area contributed by atoms with Crippen LogP contribution in [0.3, 0.4) is 0 Å². The van der Waals surface area contributed by atoms with Crippen molar-refractivity contribution in [3.63, 3.8) is 0 Å². The Morgan fingerprint density at radius 3 is 2.80 bits per heavy atom. The maximum absolute atomic E-state index is 9.92. The van der Waals surface area contributed by atoms with Gasteiger partial charge in [-0.3, -0.25) is 0 Å². The van der Waals surface area contributed by atoms with Gasteiger partial charge in [0, 0.05) is 25.8 Å². The highest BCUT2D eigenvalue weighted by Crippen LogP contribution is 2.23. The molecule has 1 saturated heterocycles. The molecule has 1 aliphatic carbocycles. The van der Waals surface area contributed by atoms with E-state index in [1.807, 2.05) is 0 Å². The van der Waals surface area contributed by atoms with Gasteiger partial charge in [0.2, 0.25) is 0 Å². The van der Waals surface area contributed by atoms with Gasteiger partial charge >= 0.3 is 0 Å². The number of aliphatic hydroxyl groups excluding tert-OH is 2. The maximum atomic E-state index is 9.92. The minimum atomic E-state index is -0.488. The van der Waals surface area contributed by atoms with Gasteiger partial charge in [-0.05, 0) is 31.6 Å². The van der Waals surface area contributed by atoms with E-state index in [0.717, 1.165) is 32.3 Å². The zero-order chi connectivity index (χ0) is 14.2. The van der Waals surface area contributed by atoms with Gasteiger partial charge in [0.05, 0.1) is 25.4 Å². The molecule has 1 aliphatic heterocycles. The molecule has 0 aromatic rings. The molecule has 2 aliphatic rings. The molecule has 3 N–H and O–H groups in total. The summed E-state index contributed by atoms with van der Waals surface area (Å²) in [5.41, 5.74) is 0. The molecule has 2 rings (SSSR count). The van der Waals surface area contributed by atoms with E-state index < -0.39 is 6.10 Å². The normalized spacial score (nSPS) is 32.4. The second-order valence-corrected chi connectivity index (χ2v) is 6.07. The zero-order valence-corrected chi connectivity index (χ0v) is 12.3. The third-order valence-corrected chi connectivity index (χ3v) is 4.40. The molecular weight excluding hydrogens is 258 g/mol. The van der Waals surface area contributed by atoms with Gasteiger partial charge in [-0.2, -0.15) is 0 Å². The lowest BCUT2D eigenvalue weighted by molar-refractivity contribution is -0.0179. The van der Waals surface area contributed by atoms with Gasteiger partial charge in [0.15, 0.2) is 0 Å². The van der Waals surface area contributed by atoms with Crippen LogP contribution in [0.2, 0.25) is 0 Å². The zero-order valence-electron chi connectivity index (χ0n) is 12.3. The molecule has 1 heterocycles. The predicted molar refractivity (Wildman–Crippen MR) is 76.6 cm³/mol. The van der Waals surface area contributed by atoms with Crippen molar-refractivity contribution in [1.29, 1.82) is 0 Å². The van der Waals surface area contributed by atoms with Crippen LogP contribution >= 0.6 is 0 Å². The third kappa shape index (κ3) is 5.30. The van der Waals surface area contributed by atoms with Crippen molar-refractivity contribution in [2.75, 3.05) is 33.0 Å². The topological polar surface area (TPSA) is 71.0 Å². The molecule has 20 heavy (non-hydrogen) atoms. The fourth-order valence-electron chi connectivity index (χ4n) is 3.15. The van der Waals surface area contributed by atoms with E-state index in [4.69, 9.17) is 9.47 Å². The van der Waals surface area contributed by atoms with Crippen molar-refractivity contribution in [3.05, 3.63) is 0 Å². The Morgan fingerprint density at radius 2 is 2.05 bits per heavy atom. The average Bonchev–Trinajstić information content (AvgIpc) is 2.98. The summed E-state index contributed by atoms with van der Waals surface area (Å²) in [7, 11) is 0. The number of aliphatic hydroxyl groups is 2. The summed E-state index contributed by atoms with van der Waals surface area (Å²) in [4.78, 5) is 0. The molecule has 5 nitrogen and oxygen atoms in total. The molecule has 4 atom stereocenters. The Labute approximate surface area is 121 Å². The summed E-state index contributed by atoms with van der Waals surface area (Å²) < 4.78 is 11.0. The summed E-state index contributed by atoms with van der Waals surface area (Å²) in [6, 6.07) is 0.335. The van der Waals surface area contributed by atoms with E-state index >= 15 is 0 Å². The number of hydrogen-bond acceptors (Lipinski definition) is 5. The first-order chi connectivity index (χ1) is 9.79. The first-order valence-electron chi connectivity index (χ1n) is 8.01. The lowest BCUT2D eigenvalue weighted by atomic mass is 9.85. The van der Waals surface area contributed by atoms with Gasteiger partial charge in [0.25, 0.3) is 0 Å². The molecule has 5 heteroatoms. The summed E-state index contributed by atoms with van der Waals surface area (Å²) in [5, 5.41) is 22.6. The molecule has 2 fully saturated rings. The standard InChI is InChI=1S/C15H29NO4/c17-9-12-4-1-2-6-15(12)16-8-13(18)10-19-11-14-5-3-7-20-14/h12-18H,1-11H2. The molecule has 0 aromatic carbocycles. The number of ether oxygens (including phenoxy) is 2. The highest BCUT2D eigenvalue weighted by atomic mass is 16.5. The van der Waals surface area contributed by atoms with Crippen LogP contribution in [-0.2, 0) is 9.47 Å². The Morgan fingerprint density at radius 1 is 1.20 bits per heavy atom. The van der Waals surface area contributed by atoms with Crippen molar-refractivity contribution in [2.24, 2.45) is 5.92 Å². The van der Waals surface area contributed by atoms with Crippen molar-refractivity contribution >= 4 is 0 Å². The van der Waals surface area contributed by atoms with Crippen LogP contribution in [0.25, 0.3) is 0 Å². The van der Waals surface area contributed by atoms with Gasteiger partial charge in [-0.1, -0.05) is 12.8 Å². The molecule has 0 aromatic heterocycles. The van der Waals surface area contributed by atoms with E-state index in [-0.39, 0.29) is 12.7 Å².